The number of anilines is 1. The smallest absolute Gasteiger partial charge is 0.410 e. The SMILES string of the molecule is CS(=O)(=O)N1CCC(N2CCN(C(=O)C(Cc3cc(Cl)c(O)c(Cl)c3)OC(=O)N3CCC(N4CCc5ccccc5NC4=O)CC3)CC2)CC1. The molecule has 0 radical (unpaired) electrons. The van der Waals surface area contributed by atoms with E-state index in [1.54, 1.807) is 9.80 Å². The molecule has 4 amide bonds. The lowest BCUT2D eigenvalue weighted by Crippen LogP contribution is -2.57. The van der Waals surface area contributed by atoms with Crippen LogP contribution in [0.5, 0.6) is 5.75 Å². The molecule has 2 N–H and O–H groups in total. The first kappa shape index (κ1) is 36.5. The first-order valence-corrected chi connectivity index (χ1v) is 19.7. The van der Waals surface area contributed by atoms with Gasteiger partial charge in [-0.05, 0) is 61.4 Å². The fraction of sp³-hybridized carbons (Fsp3) is 0.559. The summed E-state index contributed by atoms with van der Waals surface area (Å²) in [4.78, 5) is 48.1. The zero-order valence-electron chi connectivity index (χ0n) is 28.1. The molecule has 4 aliphatic rings. The average Bonchev–Trinajstić information content (AvgIpc) is 3.27. The summed E-state index contributed by atoms with van der Waals surface area (Å²) in [6, 6.07) is 10.8. The molecule has 6 rings (SSSR count). The van der Waals surface area contributed by atoms with Crippen LogP contribution in [0.4, 0.5) is 15.3 Å². The number of fused-ring (bicyclic) bond motifs is 1. The molecule has 2 aromatic carbocycles. The van der Waals surface area contributed by atoms with Crippen molar-refractivity contribution in [3.8, 4) is 5.75 Å². The number of carbonyl (C=O) groups excluding carboxylic acids is 3. The predicted octanol–water partition coefficient (Wildman–Crippen LogP) is 3.87. The summed E-state index contributed by atoms with van der Waals surface area (Å²) in [7, 11) is -3.21. The highest BCUT2D eigenvalue weighted by Gasteiger charge is 2.37. The second kappa shape index (κ2) is 15.5. The predicted molar refractivity (Wildman–Crippen MR) is 190 cm³/mol. The van der Waals surface area contributed by atoms with Crippen LogP contribution < -0.4 is 5.32 Å². The third-order valence-electron chi connectivity index (χ3n) is 10.4. The second-order valence-electron chi connectivity index (χ2n) is 13.5. The van der Waals surface area contributed by atoms with Crippen LogP contribution in [0.2, 0.25) is 10.0 Å². The molecule has 3 fully saturated rings. The molecule has 0 bridgehead atoms. The lowest BCUT2D eigenvalue weighted by molar-refractivity contribution is -0.143. The van der Waals surface area contributed by atoms with E-state index in [0.29, 0.717) is 77.3 Å². The molecule has 1 atom stereocenters. The fourth-order valence-corrected chi connectivity index (χ4v) is 8.88. The maximum atomic E-state index is 14.0. The number of piperazine rings is 1. The molecule has 272 valence electrons. The van der Waals surface area contributed by atoms with Gasteiger partial charge in [0.1, 0.15) is 0 Å². The van der Waals surface area contributed by atoms with Crippen molar-refractivity contribution >= 4 is 56.9 Å². The van der Waals surface area contributed by atoms with Crippen LogP contribution in [-0.4, -0.2) is 139 Å². The van der Waals surface area contributed by atoms with Gasteiger partial charge in [0.25, 0.3) is 5.91 Å². The van der Waals surface area contributed by atoms with E-state index in [-0.39, 0.29) is 46.2 Å². The monoisotopic (exact) mass is 750 g/mol. The Morgan fingerprint density at radius 1 is 0.900 bits per heavy atom. The lowest BCUT2D eigenvalue weighted by Gasteiger charge is -2.43. The van der Waals surface area contributed by atoms with Gasteiger partial charge in [0.15, 0.2) is 11.9 Å². The Kier molecular flexibility index (Phi) is 11.3. The summed E-state index contributed by atoms with van der Waals surface area (Å²) in [5.41, 5.74) is 2.45. The number of aromatic hydroxyl groups is 1. The molecule has 3 saturated heterocycles. The molecule has 13 nitrogen and oxygen atoms in total. The van der Waals surface area contributed by atoms with Crippen LogP contribution >= 0.6 is 23.2 Å². The van der Waals surface area contributed by atoms with Crippen molar-refractivity contribution in [2.24, 2.45) is 0 Å². The van der Waals surface area contributed by atoms with E-state index in [1.165, 1.54) is 22.7 Å². The average molecular weight is 752 g/mol. The number of sulfonamides is 1. The summed E-state index contributed by atoms with van der Waals surface area (Å²) in [5, 5.41) is 13.2. The highest BCUT2D eigenvalue weighted by molar-refractivity contribution is 7.88. The number of carbonyl (C=O) groups is 3. The van der Waals surface area contributed by atoms with Crippen molar-refractivity contribution in [1.29, 1.82) is 0 Å². The lowest BCUT2D eigenvalue weighted by atomic mass is 10.0. The minimum absolute atomic E-state index is 0.0133. The molecule has 16 heteroatoms. The molecule has 0 spiro atoms. The third-order valence-corrected chi connectivity index (χ3v) is 12.2. The Hall–Kier alpha value is -3.30. The van der Waals surface area contributed by atoms with Crippen LogP contribution in [0.3, 0.4) is 0 Å². The summed E-state index contributed by atoms with van der Waals surface area (Å²) >= 11 is 12.4. The number of hydrogen-bond donors (Lipinski definition) is 2. The zero-order chi connectivity index (χ0) is 35.6. The zero-order valence-corrected chi connectivity index (χ0v) is 30.4. The van der Waals surface area contributed by atoms with Gasteiger partial charge < -0.3 is 29.9 Å². The molecule has 4 heterocycles. The van der Waals surface area contributed by atoms with Gasteiger partial charge in [-0.2, -0.15) is 0 Å². The Bertz CT molecular complexity index is 1670. The van der Waals surface area contributed by atoms with Crippen molar-refractivity contribution in [3.63, 3.8) is 0 Å². The largest absolute Gasteiger partial charge is 0.505 e. The maximum absolute atomic E-state index is 14.0. The molecule has 2 aromatic rings. The van der Waals surface area contributed by atoms with Crippen molar-refractivity contribution in [2.75, 3.05) is 70.5 Å². The Morgan fingerprint density at radius 2 is 1.52 bits per heavy atom. The van der Waals surface area contributed by atoms with E-state index in [4.69, 9.17) is 27.9 Å². The first-order valence-electron chi connectivity index (χ1n) is 17.1. The second-order valence-corrected chi connectivity index (χ2v) is 16.3. The van der Waals surface area contributed by atoms with E-state index in [1.807, 2.05) is 29.2 Å². The van der Waals surface area contributed by atoms with Gasteiger partial charge in [0, 0.05) is 83.1 Å². The molecule has 50 heavy (non-hydrogen) atoms. The minimum atomic E-state index is -3.21. The number of ether oxygens (including phenoxy) is 1. The molecule has 0 aliphatic carbocycles. The van der Waals surface area contributed by atoms with Crippen LogP contribution in [0.1, 0.15) is 36.8 Å². The standard InChI is InChI=1S/C34H44Cl2N6O7S/c1-50(47,48)41-13-9-25(10-14-41)38-16-18-39(19-17-38)32(44)30(22-23-20-27(35)31(43)28(36)21-23)49-34(46)40-11-7-26(8-12-40)42-15-6-24-4-2-3-5-29(24)37-33(42)45/h2-5,20-21,25-26,30,43H,6-19,22H2,1H3,(H,37,45). The summed E-state index contributed by atoms with van der Waals surface area (Å²) < 4.78 is 31.3. The molecule has 0 saturated carbocycles. The van der Waals surface area contributed by atoms with E-state index in [2.05, 4.69) is 10.2 Å². The number of amides is 4. The van der Waals surface area contributed by atoms with Crippen molar-refractivity contribution < 1.29 is 32.6 Å². The van der Waals surface area contributed by atoms with Gasteiger partial charge in [0.05, 0.1) is 16.3 Å². The van der Waals surface area contributed by atoms with Crippen LogP contribution in [0.25, 0.3) is 0 Å². The van der Waals surface area contributed by atoms with E-state index in [0.717, 1.165) is 30.5 Å². The Labute approximate surface area is 303 Å². The summed E-state index contributed by atoms with van der Waals surface area (Å²) in [6.45, 7) is 4.39. The Balaban J connectivity index is 1.07. The molecule has 1 unspecified atom stereocenters. The summed E-state index contributed by atoms with van der Waals surface area (Å²) in [6.07, 6.45) is 2.84. The van der Waals surface area contributed by atoms with Crippen molar-refractivity contribution in [1.82, 2.24) is 23.9 Å². The molecule has 4 aliphatic heterocycles. The van der Waals surface area contributed by atoms with Gasteiger partial charge in [-0.15, -0.1) is 0 Å². The number of hydrogen-bond acceptors (Lipinski definition) is 8. The third kappa shape index (κ3) is 8.42. The number of likely N-dealkylation sites (tertiary alicyclic amines) is 1. The minimum Gasteiger partial charge on any atom is -0.505 e. The van der Waals surface area contributed by atoms with Crippen LogP contribution in [-0.2, 0) is 32.4 Å². The van der Waals surface area contributed by atoms with Gasteiger partial charge >= 0.3 is 12.1 Å². The van der Waals surface area contributed by atoms with Gasteiger partial charge in [-0.1, -0.05) is 41.4 Å². The van der Waals surface area contributed by atoms with Crippen molar-refractivity contribution in [2.45, 2.75) is 56.7 Å². The first-order chi connectivity index (χ1) is 23.9. The van der Waals surface area contributed by atoms with Gasteiger partial charge in [-0.3, -0.25) is 9.69 Å². The molecular weight excluding hydrogens is 707 g/mol. The highest BCUT2D eigenvalue weighted by atomic mass is 35.5. The van der Waals surface area contributed by atoms with Crippen molar-refractivity contribution in [3.05, 3.63) is 57.6 Å². The van der Waals surface area contributed by atoms with Gasteiger partial charge in [0.2, 0.25) is 10.0 Å². The number of urea groups is 1. The number of halogens is 2. The normalized spacial score (nSPS) is 20.9. The molecule has 0 aromatic heterocycles. The van der Waals surface area contributed by atoms with Crippen LogP contribution in [0.15, 0.2) is 36.4 Å². The number of phenolic OH excluding ortho intramolecular Hbond substituents is 1. The summed E-state index contributed by atoms with van der Waals surface area (Å²) in [5.74, 6) is -0.596. The number of rotatable bonds is 7. The number of para-hydroxylation sites is 1. The Morgan fingerprint density at radius 3 is 2.16 bits per heavy atom. The number of nitrogens with zero attached hydrogens (tertiary/aromatic N) is 5. The fourth-order valence-electron chi connectivity index (χ4n) is 7.47. The van der Waals surface area contributed by atoms with E-state index >= 15 is 0 Å². The van der Waals surface area contributed by atoms with Gasteiger partial charge in [-0.25, -0.2) is 22.3 Å². The molecular formula is C34H44Cl2N6O7S. The topological polar surface area (TPSA) is 143 Å². The van der Waals surface area contributed by atoms with E-state index < -0.39 is 22.2 Å². The quantitative estimate of drug-likeness (QED) is 0.435. The van der Waals surface area contributed by atoms with E-state index in [9.17, 15) is 27.9 Å². The maximum Gasteiger partial charge on any atom is 0.410 e. The highest BCUT2D eigenvalue weighted by Crippen LogP contribution is 2.34. The number of nitrogens with one attached hydrogen (secondary N) is 1. The number of benzene rings is 2. The number of phenols is 1. The number of piperidine rings is 2. The van der Waals surface area contributed by atoms with Crippen LogP contribution in [0, 0.1) is 0 Å².